The summed E-state index contributed by atoms with van der Waals surface area (Å²) in [6.45, 7) is 0.606. The van der Waals surface area contributed by atoms with Gasteiger partial charge in [0.05, 0.1) is 45.1 Å². The third kappa shape index (κ3) is 34.4. The average Bonchev–Trinajstić information content (AvgIpc) is 1.66. The Kier molecular flexibility index (Phi) is 52.9. The number of aliphatic hydroxyl groups excluding tert-OH is 3. The van der Waals surface area contributed by atoms with Gasteiger partial charge in [-0.15, -0.1) is 11.6 Å². The maximum Gasteiger partial charge on any atom is 1.00 e. The van der Waals surface area contributed by atoms with E-state index < -0.39 is 47.0 Å². The Labute approximate surface area is 648 Å². The van der Waals surface area contributed by atoms with Gasteiger partial charge in [0.1, 0.15) is 42.1 Å². The summed E-state index contributed by atoms with van der Waals surface area (Å²) < 4.78 is 43.4. The number of carboxylic acid groups (broad SMARTS) is 1. The Bertz CT molecular complexity index is 3480. The summed E-state index contributed by atoms with van der Waals surface area (Å²) in [5.74, 6) is -4.98. The van der Waals surface area contributed by atoms with Crippen LogP contribution >= 0.6 is 46.4 Å². The van der Waals surface area contributed by atoms with Gasteiger partial charge in [-0.2, -0.15) is 10.2 Å². The Balaban J connectivity index is -0.000000575. The normalized spacial score (nSPS) is 9.83. The van der Waals surface area contributed by atoms with Crippen LogP contribution in [0, 0.1) is 17.5 Å². The van der Waals surface area contributed by atoms with E-state index in [-0.39, 0.29) is 253 Å². The molecule has 5 aromatic carbocycles. The molecule has 2 aromatic heterocycles. The minimum Gasteiger partial charge on any atom is -1.00 e. The standard InChI is InChI=1S/C22H23ClFN5O4.C13H17ClFNO2.C10H9Cl2FO.C10H9N3O3.C3H9NO.CH2O3.2CH4.2K.H/c23-16-7-3-5-14(20(16)24)11-26-18(31)12-28(9-4-10-30)19(32)13-29-17-8-2-1-6-15(17)21(27-29)22(25)33;14-12-4-1-3-10(13(12)15)5-6-11(18)9-16-7-2-8-17;11-6-8(14)5-4-7-2-1-3-9(12)10(7)13;11-10(16)9-6-3-1-2-4-7(6)13(12-9)5-8(14)15;4-2-1-3-5;2-1-4-3;;;;;/h1-3,5-8,30H,4,9-13H2,(H2,25,33)(H,26,31);1,3-4,16-17H,2,5-9H2;1-3H,4-6H2;1-4H,5H2,(H2,11,16)(H,14,15);5H,1-4H2;1,3H;2*1H4;;;/q;;;;;;;;2*+1;-1/p-1. The number of Topliss-reactive ketones (excluding diaryl/α,β-unsaturated/α-hetero) is 2. The molecule has 2 heterocycles. The molecule has 0 aliphatic rings. The number of carboxylic acids is 1. The molecule has 4 amide bonds. The number of halogens is 7. The first kappa shape index (κ1) is 93.4. The van der Waals surface area contributed by atoms with E-state index in [9.17, 15) is 51.8 Å². The number of benzene rings is 5. The molecular formula is C61H77Cl4F3K2N10O14. The Morgan fingerprint density at radius 2 is 1.07 bits per heavy atom. The van der Waals surface area contributed by atoms with Crippen LogP contribution < -0.4 is 136 Å². The topological polar surface area (TPSA) is 391 Å². The number of nitrogens with zero attached hydrogens (tertiary/aromatic N) is 5. The fraction of sp³-hybridized carbons (Fsp3) is 0.344. The van der Waals surface area contributed by atoms with Crippen LogP contribution in [-0.4, -0.2) is 151 Å². The average molecular weight is 1450 g/mol. The SMILES string of the molecule is C.C.NC(=O)c1nn(CC(=O)N(CCCO)CC(=O)NCc2cccc(Cl)c2F)c2ccccc12.NC(=O)c1nn(CC(=O)O)c2ccccc12.NCCCO.O=C(CCc1cccc(Cl)c1F)CNCCCO.O=C(CCl)CCc1cccc(Cl)c1F.O=CO[O-].[H-].[K+].[K+]. The number of hydrogen-bond acceptors (Lipinski definition) is 17. The zero-order valence-corrected chi connectivity index (χ0v) is 59.6. The molecule has 0 saturated carbocycles. The molecule has 0 aliphatic heterocycles. The van der Waals surface area contributed by atoms with Crippen LogP contribution in [0.15, 0.2) is 103 Å². The Morgan fingerprint density at radius 3 is 1.48 bits per heavy atom. The van der Waals surface area contributed by atoms with Crippen molar-refractivity contribution in [2.24, 2.45) is 17.2 Å². The van der Waals surface area contributed by atoms with E-state index in [4.69, 9.17) is 89.0 Å². The van der Waals surface area contributed by atoms with Crippen molar-refractivity contribution < 1.29 is 186 Å². The van der Waals surface area contributed by atoms with Crippen LogP contribution in [0.1, 0.15) is 86.1 Å². The number of nitrogens with two attached hydrogens (primary N) is 3. The zero-order chi connectivity index (χ0) is 67.1. The van der Waals surface area contributed by atoms with Crippen molar-refractivity contribution in [2.45, 2.75) is 79.4 Å². The second kappa shape index (κ2) is 53.3. The van der Waals surface area contributed by atoms with Crippen LogP contribution in [0.4, 0.5) is 13.2 Å². The summed E-state index contributed by atoms with van der Waals surface area (Å²) in [6, 6.07) is 27.7. The molecule has 24 nitrogen and oxygen atoms in total. The molecule has 0 bridgehead atoms. The van der Waals surface area contributed by atoms with Gasteiger partial charge in [-0.1, -0.05) is 122 Å². The quantitative estimate of drug-likeness (QED) is 0.00778. The van der Waals surface area contributed by atoms with Gasteiger partial charge in [-0.25, -0.2) is 13.2 Å². The van der Waals surface area contributed by atoms with E-state index in [0.29, 0.717) is 65.3 Å². The van der Waals surface area contributed by atoms with Gasteiger partial charge >= 0.3 is 109 Å². The molecule has 0 aliphatic carbocycles. The van der Waals surface area contributed by atoms with Crippen molar-refractivity contribution in [3.05, 3.63) is 164 Å². The summed E-state index contributed by atoms with van der Waals surface area (Å²) in [5, 5.41) is 57.6. The smallest absolute Gasteiger partial charge is 1.00 e. The minimum atomic E-state index is -1.02. The van der Waals surface area contributed by atoms with Crippen molar-refractivity contribution in [1.29, 1.82) is 0 Å². The number of nitrogens with one attached hydrogen (secondary N) is 2. The van der Waals surface area contributed by atoms with Gasteiger partial charge < -0.3 is 64.7 Å². The van der Waals surface area contributed by atoms with Gasteiger partial charge in [-0.3, -0.25) is 47.7 Å². The molecule has 7 rings (SSSR count). The van der Waals surface area contributed by atoms with E-state index in [0.717, 1.165) is 6.42 Å². The van der Waals surface area contributed by atoms with Crippen molar-refractivity contribution in [3.8, 4) is 0 Å². The van der Waals surface area contributed by atoms with E-state index in [2.05, 4.69) is 25.7 Å². The second-order valence-corrected chi connectivity index (χ2v) is 20.0. The maximum atomic E-state index is 14.0. The molecule has 7 aromatic rings. The van der Waals surface area contributed by atoms with E-state index in [1.54, 1.807) is 78.9 Å². The third-order valence-corrected chi connectivity index (χ3v) is 13.1. The number of carbonyl (C=O) groups excluding carboxylic acids is 7. The zero-order valence-electron chi connectivity index (χ0n) is 51.3. The van der Waals surface area contributed by atoms with E-state index >= 15 is 0 Å². The summed E-state index contributed by atoms with van der Waals surface area (Å²) in [6.07, 6.45) is 2.83. The number of aliphatic hydroxyl groups is 3. The molecular weight excluding hydrogens is 1370 g/mol. The second-order valence-electron chi connectivity index (χ2n) is 18.5. The first-order valence-electron chi connectivity index (χ1n) is 27.1. The molecule has 0 fully saturated rings. The van der Waals surface area contributed by atoms with Gasteiger partial charge in [0.25, 0.3) is 18.3 Å². The number of primary amides is 2. The van der Waals surface area contributed by atoms with Crippen LogP contribution in [0.5, 0.6) is 0 Å². The Morgan fingerprint density at radius 1 is 0.649 bits per heavy atom. The minimum absolute atomic E-state index is 0. The van der Waals surface area contributed by atoms with Crippen LogP contribution in [0.2, 0.25) is 15.1 Å². The summed E-state index contributed by atoms with van der Waals surface area (Å²) in [4.78, 5) is 93.7. The van der Waals surface area contributed by atoms with Crippen molar-refractivity contribution >= 4 is 116 Å². The van der Waals surface area contributed by atoms with Crippen molar-refractivity contribution in [3.63, 3.8) is 0 Å². The third-order valence-electron chi connectivity index (χ3n) is 11.9. The maximum absolute atomic E-state index is 14.0. The van der Waals surface area contributed by atoms with Gasteiger partial charge in [0.2, 0.25) is 11.8 Å². The first-order chi connectivity index (χ1) is 43.0. The number of rotatable bonds is 28. The number of hydrogen-bond donors (Lipinski definition) is 9. The number of amides is 4. The summed E-state index contributed by atoms with van der Waals surface area (Å²) in [7, 11) is 0. The number of para-hydroxylation sites is 2. The Hall–Kier alpha value is -4.82. The van der Waals surface area contributed by atoms with Crippen molar-refractivity contribution in [1.82, 2.24) is 35.1 Å². The van der Waals surface area contributed by atoms with Crippen LogP contribution in [0.3, 0.4) is 0 Å². The van der Waals surface area contributed by atoms with Gasteiger partial charge in [-0.05, 0) is 86.7 Å². The number of alkyl halides is 1. The number of ketones is 2. The molecule has 94 heavy (non-hydrogen) atoms. The molecule has 0 radical (unpaired) electrons. The fourth-order valence-corrected chi connectivity index (χ4v) is 8.30. The van der Waals surface area contributed by atoms with E-state index in [1.807, 2.05) is 0 Å². The largest absolute Gasteiger partial charge is 1.00 e. The van der Waals surface area contributed by atoms with Crippen LogP contribution in [0.25, 0.3) is 21.8 Å². The van der Waals surface area contributed by atoms with Crippen molar-refractivity contribution in [2.75, 3.05) is 58.4 Å². The fourth-order valence-electron chi connectivity index (χ4n) is 7.59. The summed E-state index contributed by atoms with van der Waals surface area (Å²) >= 11 is 22.3. The molecule has 506 valence electrons. The first-order valence-corrected chi connectivity index (χ1v) is 28.8. The molecule has 0 saturated heterocycles. The molecule has 0 spiro atoms. The number of aromatic nitrogens is 4. The van der Waals surface area contributed by atoms with Gasteiger partial charge in [0.15, 0.2) is 11.4 Å². The molecule has 0 unspecified atom stereocenters. The van der Waals surface area contributed by atoms with E-state index in [1.165, 1.54) is 38.5 Å². The summed E-state index contributed by atoms with van der Waals surface area (Å²) in [5.41, 5.74) is 17.9. The van der Waals surface area contributed by atoms with Gasteiger partial charge in [0, 0.05) is 62.1 Å². The monoisotopic (exact) mass is 1450 g/mol. The number of aryl methyl sites for hydroxylation is 2. The predicted molar refractivity (Wildman–Crippen MR) is 343 cm³/mol. The molecule has 0 atom stereocenters. The number of aliphatic carboxylic acids is 1. The number of fused-ring (bicyclic) bond motifs is 2. The van der Waals surface area contributed by atoms with Crippen LogP contribution in [-0.2, 0) is 66.1 Å². The molecule has 33 heteroatoms. The predicted octanol–water partition coefficient (Wildman–Crippen LogP) is 0.00220. The molecule has 12 N–H and O–H groups in total. The number of carbonyl (C=O) groups is 8.